The van der Waals surface area contributed by atoms with Crippen molar-refractivity contribution in [3.63, 3.8) is 0 Å². The minimum atomic E-state index is 0.391. The molecule has 2 aromatic heterocycles. The van der Waals surface area contributed by atoms with E-state index in [-0.39, 0.29) is 0 Å². The Bertz CT molecular complexity index is 480. The maximum atomic E-state index is 5.98. The molecule has 0 saturated carbocycles. The molecule has 2 aromatic rings. The lowest BCUT2D eigenvalue weighted by molar-refractivity contribution is 1.000. The first-order valence-electron chi connectivity index (χ1n) is 4.88. The summed E-state index contributed by atoms with van der Waals surface area (Å²) in [5, 5.41) is 3.50. The van der Waals surface area contributed by atoms with Crippen molar-refractivity contribution in [3.8, 4) is 0 Å². The van der Waals surface area contributed by atoms with Crippen molar-refractivity contribution < 1.29 is 0 Å². The van der Waals surface area contributed by atoms with Gasteiger partial charge in [-0.1, -0.05) is 11.6 Å². The second-order valence-corrected chi connectivity index (χ2v) is 3.82. The first kappa shape index (κ1) is 10.9. The monoisotopic (exact) mass is 237 g/mol. The molecular weight excluding hydrogens is 226 g/mol. The standard InChI is InChI=1S/C10H12ClN5/c1-6-7(2)16-10(9(11)15-6)13-4-8-3-12-5-14-8/h3,5H,4H2,1-2H3,(H,12,14)(H,13,16). The van der Waals surface area contributed by atoms with Crippen molar-refractivity contribution in [2.45, 2.75) is 20.4 Å². The SMILES string of the molecule is Cc1nc(Cl)c(NCc2cnc[nH]2)nc1C. The lowest BCUT2D eigenvalue weighted by Crippen LogP contribution is -2.05. The summed E-state index contributed by atoms with van der Waals surface area (Å²) in [6.45, 7) is 4.38. The predicted molar refractivity (Wildman–Crippen MR) is 62.4 cm³/mol. The number of H-pyrrole nitrogens is 1. The summed E-state index contributed by atoms with van der Waals surface area (Å²) in [7, 11) is 0. The zero-order valence-corrected chi connectivity index (χ0v) is 9.84. The molecule has 6 heteroatoms. The molecule has 0 aliphatic carbocycles. The summed E-state index contributed by atoms with van der Waals surface area (Å²) in [4.78, 5) is 15.4. The summed E-state index contributed by atoms with van der Waals surface area (Å²) in [6, 6.07) is 0. The molecular formula is C10H12ClN5. The van der Waals surface area contributed by atoms with Crippen LogP contribution in [0.4, 0.5) is 5.82 Å². The summed E-state index contributed by atoms with van der Waals surface area (Å²) >= 11 is 5.98. The Morgan fingerprint density at radius 3 is 2.75 bits per heavy atom. The maximum absolute atomic E-state index is 5.98. The van der Waals surface area contributed by atoms with Crippen LogP contribution < -0.4 is 5.32 Å². The van der Waals surface area contributed by atoms with Crippen LogP contribution in [0.5, 0.6) is 0 Å². The molecule has 2 heterocycles. The largest absolute Gasteiger partial charge is 0.362 e. The van der Waals surface area contributed by atoms with E-state index < -0.39 is 0 Å². The van der Waals surface area contributed by atoms with Gasteiger partial charge in [0.2, 0.25) is 0 Å². The van der Waals surface area contributed by atoms with Crippen LogP contribution in [0, 0.1) is 13.8 Å². The highest BCUT2D eigenvalue weighted by atomic mass is 35.5. The molecule has 0 atom stereocenters. The highest BCUT2D eigenvalue weighted by Crippen LogP contribution is 2.18. The third-order valence-corrected chi connectivity index (χ3v) is 2.53. The third kappa shape index (κ3) is 2.30. The molecule has 0 bridgehead atoms. The highest BCUT2D eigenvalue weighted by Gasteiger charge is 2.06. The van der Waals surface area contributed by atoms with Crippen molar-refractivity contribution in [1.29, 1.82) is 0 Å². The molecule has 0 saturated heterocycles. The Kier molecular flexibility index (Phi) is 3.05. The van der Waals surface area contributed by atoms with Gasteiger partial charge in [-0.15, -0.1) is 0 Å². The molecule has 0 radical (unpaired) electrons. The fraction of sp³-hybridized carbons (Fsp3) is 0.300. The Labute approximate surface area is 98.3 Å². The number of hydrogen-bond acceptors (Lipinski definition) is 4. The van der Waals surface area contributed by atoms with Crippen LogP contribution >= 0.6 is 11.6 Å². The molecule has 84 valence electrons. The quantitative estimate of drug-likeness (QED) is 0.858. The van der Waals surface area contributed by atoms with Crippen LogP contribution in [0.25, 0.3) is 0 Å². The van der Waals surface area contributed by atoms with Gasteiger partial charge in [0.1, 0.15) is 0 Å². The number of halogens is 1. The van der Waals surface area contributed by atoms with E-state index in [0.717, 1.165) is 17.1 Å². The van der Waals surface area contributed by atoms with E-state index in [0.29, 0.717) is 17.5 Å². The zero-order chi connectivity index (χ0) is 11.5. The van der Waals surface area contributed by atoms with Crippen molar-refractivity contribution in [2.24, 2.45) is 0 Å². The summed E-state index contributed by atoms with van der Waals surface area (Å²) in [5.74, 6) is 0.597. The lowest BCUT2D eigenvalue weighted by atomic mass is 10.3. The van der Waals surface area contributed by atoms with Crippen LogP contribution in [0.2, 0.25) is 5.15 Å². The van der Waals surface area contributed by atoms with E-state index in [9.17, 15) is 0 Å². The molecule has 0 aliphatic heterocycles. The minimum Gasteiger partial charge on any atom is -0.362 e. The number of aromatic nitrogens is 4. The summed E-state index contributed by atoms with van der Waals surface area (Å²) < 4.78 is 0. The topological polar surface area (TPSA) is 66.5 Å². The number of anilines is 1. The molecule has 16 heavy (non-hydrogen) atoms. The molecule has 2 rings (SSSR count). The average Bonchev–Trinajstić information content (AvgIpc) is 2.74. The van der Waals surface area contributed by atoms with Gasteiger partial charge in [0, 0.05) is 6.20 Å². The molecule has 0 fully saturated rings. The van der Waals surface area contributed by atoms with E-state index in [1.54, 1.807) is 12.5 Å². The van der Waals surface area contributed by atoms with E-state index >= 15 is 0 Å². The van der Waals surface area contributed by atoms with Gasteiger partial charge >= 0.3 is 0 Å². The number of hydrogen-bond donors (Lipinski definition) is 2. The Hall–Kier alpha value is -1.62. The van der Waals surface area contributed by atoms with E-state index in [4.69, 9.17) is 11.6 Å². The normalized spacial score (nSPS) is 10.4. The average molecular weight is 238 g/mol. The Morgan fingerprint density at radius 2 is 2.06 bits per heavy atom. The second kappa shape index (κ2) is 4.49. The predicted octanol–water partition coefficient (Wildman–Crippen LogP) is 2.08. The van der Waals surface area contributed by atoms with Crippen LogP contribution in [-0.4, -0.2) is 19.9 Å². The smallest absolute Gasteiger partial charge is 0.171 e. The number of aromatic amines is 1. The van der Waals surface area contributed by atoms with Crippen LogP contribution in [0.3, 0.4) is 0 Å². The van der Waals surface area contributed by atoms with Crippen molar-refractivity contribution in [3.05, 3.63) is 34.8 Å². The molecule has 5 nitrogen and oxygen atoms in total. The maximum Gasteiger partial charge on any atom is 0.171 e. The van der Waals surface area contributed by atoms with E-state index in [1.807, 2.05) is 13.8 Å². The van der Waals surface area contributed by atoms with E-state index in [1.165, 1.54) is 0 Å². The Morgan fingerprint density at radius 1 is 1.31 bits per heavy atom. The molecule has 0 unspecified atom stereocenters. The van der Waals surface area contributed by atoms with Gasteiger partial charge in [0.25, 0.3) is 0 Å². The fourth-order valence-corrected chi connectivity index (χ4v) is 1.48. The van der Waals surface area contributed by atoms with Crippen molar-refractivity contribution in [1.82, 2.24) is 19.9 Å². The third-order valence-electron chi connectivity index (χ3n) is 2.27. The van der Waals surface area contributed by atoms with Gasteiger partial charge < -0.3 is 10.3 Å². The van der Waals surface area contributed by atoms with Gasteiger partial charge in [-0.3, -0.25) is 0 Å². The molecule has 0 amide bonds. The fourth-order valence-electron chi connectivity index (χ4n) is 1.25. The first-order valence-corrected chi connectivity index (χ1v) is 5.26. The minimum absolute atomic E-state index is 0.391. The number of rotatable bonds is 3. The van der Waals surface area contributed by atoms with Crippen LogP contribution in [0.1, 0.15) is 17.1 Å². The summed E-state index contributed by atoms with van der Waals surface area (Å²) in [5.41, 5.74) is 2.68. The zero-order valence-electron chi connectivity index (χ0n) is 9.08. The van der Waals surface area contributed by atoms with Gasteiger partial charge in [-0.25, -0.2) is 15.0 Å². The first-order chi connectivity index (χ1) is 7.66. The van der Waals surface area contributed by atoms with Crippen molar-refractivity contribution >= 4 is 17.4 Å². The Balaban J connectivity index is 2.12. The second-order valence-electron chi connectivity index (χ2n) is 3.46. The number of nitrogens with zero attached hydrogens (tertiary/aromatic N) is 3. The molecule has 2 N–H and O–H groups in total. The molecule has 0 spiro atoms. The highest BCUT2D eigenvalue weighted by molar-refractivity contribution is 6.31. The van der Waals surface area contributed by atoms with Crippen molar-refractivity contribution in [2.75, 3.05) is 5.32 Å². The number of imidazole rings is 1. The van der Waals surface area contributed by atoms with Gasteiger partial charge in [-0.2, -0.15) is 0 Å². The van der Waals surface area contributed by atoms with Crippen LogP contribution in [0.15, 0.2) is 12.5 Å². The van der Waals surface area contributed by atoms with E-state index in [2.05, 4.69) is 25.3 Å². The van der Waals surface area contributed by atoms with Gasteiger partial charge in [0.05, 0.1) is 30.0 Å². The number of aryl methyl sites for hydroxylation is 2. The van der Waals surface area contributed by atoms with Gasteiger partial charge in [0.15, 0.2) is 11.0 Å². The molecule has 0 aromatic carbocycles. The summed E-state index contributed by atoms with van der Waals surface area (Å²) in [6.07, 6.45) is 3.38. The lowest BCUT2D eigenvalue weighted by Gasteiger charge is -2.07. The van der Waals surface area contributed by atoms with Crippen LogP contribution in [-0.2, 0) is 6.54 Å². The molecule has 0 aliphatic rings. The number of nitrogens with one attached hydrogen (secondary N) is 2. The van der Waals surface area contributed by atoms with Gasteiger partial charge in [-0.05, 0) is 13.8 Å².